The Balaban J connectivity index is 1.51. The molecule has 1 heterocycles. The molecule has 0 saturated heterocycles. The van der Waals surface area contributed by atoms with Crippen LogP contribution >= 0.6 is 0 Å². The summed E-state index contributed by atoms with van der Waals surface area (Å²) in [5.41, 5.74) is 1.33. The van der Waals surface area contributed by atoms with E-state index in [4.69, 9.17) is 9.47 Å². The summed E-state index contributed by atoms with van der Waals surface area (Å²) < 4.78 is 39.7. The minimum atomic E-state index is -3.95. The van der Waals surface area contributed by atoms with E-state index in [-0.39, 0.29) is 24.1 Å². The number of aryl methyl sites for hydroxylation is 1. The molecule has 1 atom stereocenters. The van der Waals surface area contributed by atoms with Gasteiger partial charge in [0, 0.05) is 0 Å². The third-order valence-corrected chi connectivity index (χ3v) is 7.13. The van der Waals surface area contributed by atoms with Crippen LogP contribution in [0.5, 0.6) is 11.5 Å². The van der Waals surface area contributed by atoms with Gasteiger partial charge in [0.1, 0.15) is 19.3 Å². The molecule has 8 heteroatoms. The largest absolute Gasteiger partial charge is 0.486 e. The van der Waals surface area contributed by atoms with Crippen LogP contribution in [0.1, 0.15) is 12.5 Å². The Kier molecular flexibility index (Phi) is 6.84. The summed E-state index contributed by atoms with van der Waals surface area (Å²) in [6.45, 7) is 2.09. The minimum Gasteiger partial charge on any atom is -0.486 e. The first-order valence-electron chi connectivity index (χ1n) is 10.8. The lowest BCUT2D eigenvalue weighted by atomic mass is 10.1. The third-order valence-electron chi connectivity index (χ3n) is 5.35. The highest BCUT2D eigenvalue weighted by Gasteiger charge is 2.29. The molecule has 1 aliphatic heterocycles. The van der Waals surface area contributed by atoms with Gasteiger partial charge >= 0.3 is 0 Å². The quantitative estimate of drug-likeness (QED) is 0.550. The molecule has 33 heavy (non-hydrogen) atoms. The number of amides is 1. The molecular formula is C25H26N2O5S. The van der Waals surface area contributed by atoms with E-state index in [9.17, 15) is 13.2 Å². The number of fused-ring (bicyclic) bond motifs is 1. The topological polar surface area (TPSA) is 84.9 Å². The van der Waals surface area contributed by atoms with Crippen molar-refractivity contribution < 1.29 is 22.7 Å². The molecule has 0 saturated carbocycles. The molecule has 1 amide bonds. The number of nitrogens with one attached hydrogen (secondary N) is 1. The number of nitrogens with zero attached hydrogens (tertiary/aromatic N) is 1. The Labute approximate surface area is 194 Å². The maximum atomic E-state index is 13.5. The maximum Gasteiger partial charge on any atom is 0.264 e. The summed E-state index contributed by atoms with van der Waals surface area (Å²) in [5, 5.41) is 2.79. The Morgan fingerprint density at radius 3 is 2.39 bits per heavy atom. The van der Waals surface area contributed by atoms with E-state index in [1.807, 2.05) is 37.3 Å². The van der Waals surface area contributed by atoms with Crippen molar-refractivity contribution in [2.75, 3.05) is 24.0 Å². The molecule has 3 aromatic carbocycles. The molecule has 0 aliphatic carbocycles. The summed E-state index contributed by atoms with van der Waals surface area (Å²) >= 11 is 0. The predicted molar refractivity (Wildman–Crippen MR) is 126 cm³/mol. The number of benzene rings is 3. The summed E-state index contributed by atoms with van der Waals surface area (Å²) in [6, 6.07) is 22.7. The minimum absolute atomic E-state index is 0.129. The van der Waals surface area contributed by atoms with Crippen LogP contribution in [-0.2, 0) is 21.2 Å². The highest BCUT2D eigenvalue weighted by molar-refractivity contribution is 7.92. The number of para-hydroxylation sites is 3. The first-order valence-corrected chi connectivity index (χ1v) is 12.2. The van der Waals surface area contributed by atoms with Crippen LogP contribution in [0.25, 0.3) is 0 Å². The number of hydrogen-bond donors (Lipinski definition) is 1. The lowest BCUT2D eigenvalue weighted by Crippen LogP contribution is -2.45. The summed E-state index contributed by atoms with van der Waals surface area (Å²) in [7, 11) is -3.95. The van der Waals surface area contributed by atoms with Crippen LogP contribution in [0.15, 0.2) is 83.8 Å². The van der Waals surface area contributed by atoms with Gasteiger partial charge in [-0.05, 0) is 42.3 Å². The number of rotatable bonds is 8. The van der Waals surface area contributed by atoms with E-state index in [2.05, 4.69) is 5.32 Å². The van der Waals surface area contributed by atoms with Gasteiger partial charge in [-0.3, -0.25) is 9.10 Å². The Morgan fingerprint density at radius 2 is 1.64 bits per heavy atom. The zero-order chi connectivity index (χ0) is 23.3. The third kappa shape index (κ3) is 5.12. The van der Waals surface area contributed by atoms with Crippen molar-refractivity contribution in [2.45, 2.75) is 24.3 Å². The highest BCUT2D eigenvalue weighted by Crippen LogP contribution is 2.31. The normalized spacial score (nSPS) is 15.0. The van der Waals surface area contributed by atoms with Crippen molar-refractivity contribution in [1.29, 1.82) is 0 Å². The van der Waals surface area contributed by atoms with E-state index >= 15 is 0 Å². The molecule has 7 nitrogen and oxygen atoms in total. The van der Waals surface area contributed by atoms with Gasteiger partial charge in [0.05, 0.1) is 17.1 Å². The fourth-order valence-electron chi connectivity index (χ4n) is 3.65. The van der Waals surface area contributed by atoms with E-state index < -0.39 is 15.9 Å². The summed E-state index contributed by atoms with van der Waals surface area (Å²) in [6.07, 6.45) is 0.261. The Hall–Kier alpha value is -3.52. The molecule has 1 aliphatic rings. The standard InChI is InChI=1S/C25H26N2O5S/c1-2-19-10-6-7-13-22(19)27(33(29,30)21-11-4-3-5-12-21)17-25(28)26-16-20-18-31-23-14-8-9-15-24(23)32-20/h3-15,20H,2,16-18H2,1H3,(H,26,28). The SMILES string of the molecule is CCc1ccccc1N(CC(=O)NCC1COc2ccccc2O1)S(=O)(=O)c1ccccc1. The first kappa shape index (κ1) is 22.7. The number of anilines is 1. The number of carbonyl (C=O) groups is 1. The first-order chi connectivity index (χ1) is 16.0. The van der Waals surface area contributed by atoms with Crippen molar-refractivity contribution in [1.82, 2.24) is 5.32 Å². The molecule has 0 fully saturated rings. The number of carbonyl (C=O) groups excluding carboxylic acids is 1. The second-order valence-electron chi connectivity index (χ2n) is 7.61. The second kappa shape index (κ2) is 9.95. The molecule has 4 rings (SSSR count). The number of hydrogen-bond acceptors (Lipinski definition) is 5. The van der Waals surface area contributed by atoms with E-state index in [0.717, 1.165) is 5.56 Å². The van der Waals surface area contributed by atoms with Crippen molar-refractivity contribution >= 4 is 21.6 Å². The van der Waals surface area contributed by atoms with Gasteiger partial charge in [0.2, 0.25) is 5.91 Å². The number of ether oxygens (including phenoxy) is 2. The zero-order valence-corrected chi connectivity index (χ0v) is 19.1. The monoisotopic (exact) mass is 466 g/mol. The van der Waals surface area contributed by atoms with Crippen molar-refractivity contribution in [3.63, 3.8) is 0 Å². The Bertz CT molecular complexity index is 1210. The van der Waals surface area contributed by atoms with Crippen LogP contribution in [0.4, 0.5) is 5.69 Å². The van der Waals surface area contributed by atoms with Gasteiger partial charge in [-0.15, -0.1) is 0 Å². The van der Waals surface area contributed by atoms with E-state index in [0.29, 0.717) is 30.2 Å². The van der Waals surface area contributed by atoms with Crippen molar-refractivity contribution in [3.05, 3.63) is 84.4 Å². The van der Waals surface area contributed by atoms with Gasteiger partial charge < -0.3 is 14.8 Å². The van der Waals surface area contributed by atoms with Gasteiger partial charge in [-0.1, -0.05) is 55.5 Å². The average molecular weight is 467 g/mol. The van der Waals surface area contributed by atoms with Crippen molar-refractivity contribution in [3.8, 4) is 11.5 Å². The van der Waals surface area contributed by atoms with Crippen molar-refractivity contribution in [2.24, 2.45) is 0 Å². The molecule has 0 spiro atoms. The molecule has 1 N–H and O–H groups in total. The fourth-order valence-corrected chi connectivity index (χ4v) is 5.13. The molecule has 1 unspecified atom stereocenters. The summed E-state index contributed by atoms with van der Waals surface area (Å²) in [4.78, 5) is 13.0. The van der Waals surface area contributed by atoms with E-state index in [1.54, 1.807) is 36.4 Å². The van der Waals surface area contributed by atoms with E-state index in [1.165, 1.54) is 16.4 Å². The smallest absolute Gasteiger partial charge is 0.264 e. The van der Waals surface area contributed by atoms with Crippen LogP contribution < -0.4 is 19.1 Å². The second-order valence-corrected chi connectivity index (χ2v) is 9.47. The van der Waals surface area contributed by atoms with Gasteiger partial charge in [0.25, 0.3) is 10.0 Å². The van der Waals surface area contributed by atoms with Crippen LogP contribution in [0.3, 0.4) is 0 Å². The van der Waals surface area contributed by atoms with Crippen LogP contribution in [-0.4, -0.2) is 40.1 Å². The summed E-state index contributed by atoms with van der Waals surface area (Å²) in [5.74, 6) is 0.854. The molecular weight excluding hydrogens is 440 g/mol. The van der Waals surface area contributed by atoms with Gasteiger partial charge in [-0.25, -0.2) is 8.42 Å². The number of sulfonamides is 1. The lowest BCUT2D eigenvalue weighted by molar-refractivity contribution is -0.120. The predicted octanol–water partition coefficient (Wildman–Crippen LogP) is 3.40. The fraction of sp³-hybridized carbons (Fsp3) is 0.240. The van der Waals surface area contributed by atoms with Gasteiger partial charge in [-0.2, -0.15) is 0 Å². The molecule has 3 aromatic rings. The Morgan fingerprint density at radius 1 is 0.970 bits per heavy atom. The molecule has 0 radical (unpaired) electrons. The highest BCUT2D eigenvalue weighted by atomic mass is 32.2. The molecule has 0 aromatic heterocycles. The molecule has 0 bridgehead atoms. The maximum absolute atomic E-state index is 13.5. The average Bonchev–Trinajstić information content (AvgIpc) is 2.86. The van der Waals surface area contributed by atoms with Crippen LogP contribution in [0.2, 0.25) is 0 Å². The van der Waals surface area contributed by atoms with Gasteiger partial charge in [0.15, 0.2) is 11.5 Å². The molecule has 172 valence electrons. The van der Waals surface area contributed by atoms with Crippen LogP contribution in [0, 0.1) is 0 Å². The lowest BCUT2D eigenvalue weighted by Gasteiger charge is -2.28. The zero-order valence-electron chi connectivity index (χ0n) is 18.3.